The maximum atomic E-state index is 12.4. The van der Waals surface area contributed by atoms with Gasteiger partial charge in [-0.1, -0.05) is 0 Å². The number of methoxy groups -OCH3 is 1. The summed E-state index contributed by atoms with van der Waals surface area (Å²) in [4.78, 5) is 28.2. The SMILES string of the molecule is CCOC(=O)C(C)(c1nc2cc(C(=O)OC)ccc2o1)C(C#N)C#N. The van der Waals surface area contributed by atoms with Gasteiger partial charge in [0.05, 0.1) is 31.4 Å². The number of benzene rings is 1. The lowest BCUT2D eigenvalue weighted by atomic mass is 9.78. The van der Waals surface area contributed by atoms with Crippen LogP contribution in [-0.4, -0.2) is 30.6 Å². The van der Waals surface area contributed by atoms with Crippen LogP contribution in [0.2, 0.25) is 0 Å². The number of rotatable bonds is 5. The van der Waals surface area contributed by atoms with E-state index in [0.29, 0.717) is 11.1 Å². The Morgan fingerprint density at radius 2 is 2.04 bits per heavy atom. The Bertz CT molecular complexity index is 891. The number of carbonyl (C=O) groups excluding carboxylic acids is 2. The molecule has 1 unspecified atom stereocenters. The predicted molar refractivity (Wildman–Crippen MR) is 84.0 cm³/mol. The molecule has 0 fully saturated rings. The molecule has 0 aliphatic carbocycles. The molecule has 1 aromatic carbocycles. The first-order valence-electron chi connectivity index (χ1n) is 7.38. The third-order valence-electron chi connectivity index (χ3n) is 3.79. The first kappa shape index (κ1) is 18.0. The zero-order valence-corrected chi connectivity index (χ0v) is 13.9. The van der Waals surface area contributed by atoms with Crippen LogP contribution in [0.15, 0.2) is 22.6 Å². The highest BCUT2D eigenvalue weighted by Gasteiger charge is 2.49. The number of hydrogen-bond acceptors (Lipinski definition) is 8. The number of carbonyl (C=O) groups is 2. The summed E-state index contributed by atoms with van der Waals surface area (Å²) >= 11 is 0. The van der Waals surface area contributed by atoms with Gasteiger partial charge in [-0.05, 0) is 32.0 Å². The Balaban J connectivity index is 2.62. The molecular weight excluding hydrogens is 326 g/mol. The second kappa shape index (κ2) is 7.02. The summed E-state index contributed by atoms with van der Waals surface area (Å²) in [5.74, 6) is -2.83. The van der Waals surface area contributed by atoms with E-state index in [4.69, 9.17) is 9.15 Å². The van der Waals surface area contributed by atoms with Gasteiger partial charge in [-0.2, -0.15) is 10.5 Å². The van der Waals surface area contributed by atoms with Gasteiger partial charge in [0.2, 0.25) is 5.89 Å². The third-order valence-corrected chi connectivity index (χ3v) is 3.79. The van der Waals surface area contributed by atoms with Gasteiger partial charge in [0, 0.05) is 0 Å². The molecule has 0 N–H and O–H groups in total. The summed E-state index contributed by atoms with van der Waals surface area (Å²) in [6.07, 6.45) is 0. The van der Waals surface area contributed by atoms with Crippen molar-refractivity contribution in [1.29, 1.82) is 10.5 Å². The maximum Gasteiger partial charge on any atom is 0.337 e. The van der Waals surface area contributed by atoms with Crippen molar-refractivity contribution in [2.24, 2.45) is 5.92 Å². The van der Waals surface area contributed by atoms with Crippen LogP contribution < -0.4 is 0 Å². The third kappa shape index (κ3) is 3.02. The largest absolute Gasteiger partial charge is 0.465 e. The zero-order chi connectivity index (χ0) is 18.6. The number of ether oxygens (including phenoxy) is 2. The van der Waals surface area contributed by atoms with Crippen LogP contribution in [0.5, 0.6) is 0 Å². The molecule has 1 heterocycles. The normalized spacial score (nSPS) is 12.9. The summed E-state index contributed by atoms with van der Waals surface area (Å²) in [7, 11) is 1.25. The van der Waals surface area contributed by atoms with E-state index in [1.807, 2.05) is 0 Å². The molecule has 0 bridgehead atoms. The van der Waals surface area contributed by atoms with E-state index in [1.54, 1.807) is 19.1 Å². The summed E-state index contributed by atoms with van der Waals surface area (Å²) in [5, 5.41) is 18.5. The van der Waals surface area contributed by atoms with E-state index in [1.165, 1.54) is 32.2 Å². The molecule has 0 amide bonds. The number of fused-ring (bicyclic) bond motifs is 1. The van der Waals surface area contributed by atoms with Crippen LogP contribution in [0.4, 0.5) is 0 Å². The average molecular weight is 341 g/mol. The summed E-state index contributed by atoms with van der Waals surface area (Å²) in [5.41, 5.74) is -0.857. The van der Waals surface area contributed by atoms with E-state index >= 15 is 0 Å². The molecule has 0 radical (unpaired) electrons. The molecule has 128 valence electrons. The van der Waals surface area contributed by atoms with Crippen LogP contribution in [0.25, 0.3) is 11.1 Å². The maximum absolute atomic E-state index is 12.4. The number of oxazole rings is 1. The van der Waals surface area contributed by atoms with Gasteiger partial charge in [0.25, 0.3) is 0 Å². The van der Waals surface area contributed by atoms with E-state index in [2.05, 4.69) is 9.72 Å². The fourth-order valence-electron chi connectivity index (χ4n) is 2.29. The Labute approximate surface area is 143 Å². The van der Waals surface area contributed by atoms with Crippen molar-refractivity contribution in [3.8, 4) is 12.1 Å². The van der Waals surface area contributed by atoms with Crippen molar-refractivity contribution < 1.29 is 23.5 Å². The quantitative estimate of drug-likeness (QED) is 0.757. The van der Waals surface area contributed by atoms with Crippen molar-refractivity contribution in [3.63, 3.8) is 0 Å². The van der Waals surface area contributed by atoms with Gasteiger partial charge >= 0.3 is 11.9 Å². The van der Waals surface area contributed by atoms with Gasteiger partial charge in [-0.3, -0.25) is 4.79 Å². The van der Waals surface area contributed by atoms with E-state index < -0.39 is 23.3 Å². The minimum atomic E-state index is -1.70. The second-order valence-electron chi connectivity index (χ2n) is 5.31. The molecule has 8 heteroatoms. The Morgan fingerprint density at radius 3 is 2.60 bits per heavy atom. The summed E-state index contributed by atoms with van der Waals surface area (Å²) in [6, 6.07) is 7.97. The molecule has 0 saturated carbocycles. The number of hydrogen-bond donors (Lipinski definition) is 0. The van der Waals surface area contributed by atoms with E-state index in [-0.39, 0.29) is 18.1 Å². The van der Waals surface area contributed by atoms with Crippen LogP contribution in [0, 0.1) is 28.6 Å². The van der Waals surface area contributed by atoms with Gasteiger partial charge in [0.15, 0.2) is 16.9 Å². The van der Waals surface area contributed by atoms with Crippen LogP contribution in [-0.2, 0) is 19.7 Å². The monoisotopic (exact) mass is 341 g/mol. The molecule has 0 aliphatic rings. The van der Waals surface area contributed by atoms with Crippen molar-refractivity contribution >= 4 is 23.0 Å². The van der Waals surface area contributed by atoms with Gasteiger partial charge in [-0.25, -0.2) is 9.78 Å². The van der Waals surface area contributed by atoms with Crippen molar-refractivity contribution in [1.82, 2.24) is 4.98 Å². The average Bonchev–Trinajstić information content (AvgIpc) is 3.05. The predicted octanol–water partition coefficient (Wildman–Crippen LogP) is 2.10. The molecule has 2 aromatic rings. The lowest BCUT2D eigenvalue weighted by Crippen LogP contribution is -2.41. The molecule has 1 aromatic heterocycles. The van der Waals surface area contributed by atoms with Crippen molar-refractivity contribution in [2.75, 3.05) is 13.7 Å². The summed E-state index contributed by atoms with van der Waals surface area (Å²) < 4.78 is 15.2. The number of aromatic nitrogens is 1. The van der Waals surface area contributed by atoms with Gasteiger partial charge in [0.1, 0.15) is 5.52 Å². The van der Waals surface area contributed by atoms with Crippen LogP contribution in [0.1, 0.15) is 30.1 Å². The number of nitrogens with zero attached hydrogens (tertiary/aromatic N) is 3. The second-order valence-corrected chi connectivity index (χ2v) is 5.31. The Kier molecular flexibility index (Phi) is 5.04. The fourth-order valence-corrected chi connectivity index (χ4v) is 2.29. The number of esters is 2. The topological polar surface area (TPSA) is 126 Å². The molecule has 25 heavy (non-hydrogen) atoms. The molecule has 0 spiro atoms. The Hall–Kier alpha value is -3.39. The minimum Gasteiger partial charge on any atom is -0.465 e. The first-order chi connectivity index (χ1) is 11.9. The molecule has 8 nitrogen and oxygen atoms in total. The van der Waals surface area contributed by atoms with Crippen LogP contribution in [0.3, 0.4) is 0 Å². The van der Waals surface area contributed by atoms with Crippen molar-refractivity contribution in [2.45, 2.75) is 19.3 Å². The standard InChI is InChI=1S/C17H15N3O5/c1-4-24-16(22)17(2,11(8-18)9-19)15-20-12-7-10(14(21)23-3)5-6-13(12)25-15/h5-7,11H,4H2,1-3H3. The van der Waals surface area contributed by atoms with Gasteiger partial charge < -0.3 is 13.9 Å². The molecule has 1 atom stereocenters. The lowest BCUT2D eigenvalue weighted by molar-refractivity contribution is -0.151. The van der Waals surface area contributed by atoms with E-state index in [0.717, 1.165) is 0 Å². The molecular formula is C17H15N3O5. The van der Waals surface area contributed by atoms with Crippen LogP contribution >= 0.6 is 0 Å². The highest BCUT2D eigenvalue weighted by Crippen LogP contribution is 2.35. The summed E-state index contributed by atoms with van der Waals surface area (Å²) in [6.45, 7) is 3.06. The fraction of sp³-hybridized carbons (Fsp3) is 0.353. The Morgan fingerprint density at radius 1 is 1.36 bits per heavy atom. The molecule has 0 aliphatic heterocycles. The highest BCUT2D eigenvalue weighted by molar-refractivity contribution is 5.93. The van der Waals surface area contributed by atoms with E-state index in [9.17, 15) is 20.1 Å². The van der Waals surface area contributed by atoms with Gasteiger partial charge in [-0.15, -0.1) is 0 Å². The molecule has 2 rings (SSSR count). The zero-order valence-electron chi connectivity index (χ0n) is 13.9. The highest BCUT2D eigenvalue weighted by atomic mass is 16.5. The van der Waals surface area contributed by atoms with Crippen molar-refractivity contribution in [3.05, 3.63) is 29.7 Å². The number of nitriles is 2. The minimum absolute atomic E-state index is 0.0741. The lowest BCUT2D eigenvalue weighted by Gasteiger charge is -2.24. The smallest absolute Gasteiger partial charge is 0.337 e. The molecule has 0 saturated heterocycles. The first-order valence-corrected chi connectivity index (χ1v) is 7.38.